The van der Waals surface area contributed by atoms with Gasteiger partial charge in [0.1, 0.15) is 0 Å². The first-order chi connectivity index (χ1) is 9.51. The molecule has 0 saturated heterocycles. The molecule has 1 atom stereocenters. The summed E-state index contributed by atoms with van der Waals surface area (Å²) >= 11 is 7.28. The molecule has 4 nitrogen and oxygen atoms in total. The zero-order valence-corrected chi connectivity index (χ0v) is 12.8. The van der Waals surface area contributed by atoms with Gasteiger partial charge in [0.05, 0.1) is 12.2 Å². The standard InChI is InChI=1S/C14H18ClNO3S/c1-2-12(7-14(18)19)16-13(17)9-20-8-10-3-5-11(15)6-4-10/h3-6,12H,2,7-9H2,1H3,(H,16,17)(H,18,19). The summed E-state index contributed by atoms with van der Waals surface area (Å²) in [4.78, 5) is 22.3. The molecule has 0 aliphatic heterocycles. The summed E-state index contributed by atoms with van der Waals surface area (Å²) in [6.07, 6.45) is 0.573. The van der Waals surface area contributed by atoms with Crippen LogP contribution in [0.3, 0.4) is 0 Å². The van der Waals surface area contributed by atoms with Crippen molar-refractivity contribution >= 4 is 35.2 Å². The number of benzene rings is 1. The number of amides is 1. The summed E-state index contributed by atoms with van der Waals surface area (Å²) in [7, 11) is 0. The molecule has 6 heteroatoms. The minimum atomic E-state index is -0.897. The van der Waals surface area contributed by atoms with Gasteiger partial charge < -0.3 is 10.4 Å². The molecule has 0 aliphatic carbocycles. The number of carbonyl (C=O) groups excluding carboxylic acids is 1. The molecule has 1 rings (SSSR count). The third kappa shape index (κ3) is 6.82. The largest absolute Gasteiger partial charge is 0.481 e. The van der Waals surface area contributed by atoms with E-state index in [1.165, 1.54) is 11.8 Å². The predicted octanol–water partition coefficient (Wildman–Crippen LogP) is 2.94. The monoisotopic (exact) mass is 315 g/mol. The Balaban J connectivity index is 2.28. The second-order valence-electron chi connectivity index (χ2n) is 4.39. The van der Waals surface area contributed by atoms with Crippen LogP contribution in [0.5, 0.6) is 0 Å². The van der Waals surface area contributed by atoms with Gasteiger partial charge in [0.15, 0.2) is 0 Å². The van der Waals surface area contributed by atoms with Crippen LogP contribution in [0.4, 0.5) is 0 Å². The van der Waals surface area contributed by atoms with Gasteiger partial charge in [0.2, 0.25) is 5.91 Å². The van der Waals surface area contributed by atoms with E-state index in [9.17, 15) is 9.59 Å². The fourth-order valence-corrected chi connectivity index (χ4v) is 2.54. The van der Waals surface area contributed by atoms with Crippen LogP contribution in [-0.4, -0.2) is 28.8 Å². The highest BCUT2D eigenvalue weighted by atomic mass is 35.5. The van der Waals surface area contributed by atoms with Crippen molar-refractivity contribution in [3.63, 3.8) is 0 Å². The lowest BCUT2D eigenvalue weighted by atomic mass is 10.1. The predicted molar refractivity (Wildman–Crippen MR) is 82.1 cm³/mol. The molecule has 0 heterocycles. The normalized spacial score (nSPS) is 11.9. The Kier molecular flexibility index (Phi) is 7.47. The maximum Gasteiger partial charge on any atom is 0.305 e. The van der Waals surface area contributed by atoms with Gasteiger partial charge in [-0.25, -0.2) is 0 Å². The number of hydrogen-bond donors (Lipinski definition) is 2. The molecule has 0 fully saturated rings. The van der Waals surface area contributed by atoms with E-state index in [0.29, 0.717) is 17.2 Å². The van der Waals surface area contributed by atoms with Crippen LogP contribution in [0.15, 0.2) is 24.3 Å². The molecule has 0 aromatic heterocycles. The van der Waals surface area contributed by atoms with Crippen molar-refractivity contribution in [2.45, 2.75) is 31.6 Å². The van der Waals surface area contributed by atoms with Gasteiger partial charge >= 0.3 is 5.97 Å². The molecule has 1 amide bonds. The van der Waals surface area contributed by atoms with E-state index in [2.05, 4.69) is 5.32 Å². The fraction of sp³-hybridized carbons (Fsp3) is 0.429. The molecule has 0 bridgehead atoms. The minimum Gasteiger partial charge on any atom is -0.481 e. The Morgan fingerprint density at radius 3 is 2.55 bits per heavy atom. The quantitative estimate of drug-likeness (QED) is 0.774. The van der Waals surface area contributed by atoms with E-state index in [1.54, 1.807) is 0 Å². The highest BCUT2D eigenvalue weighted by Crippen LogP contribution is 2.15. The maximum atomic E-state index is 11.7. The topological polar surface area (TPSA) is 66.4 Å². The molecule has 110 valence electrons. The summed E-state index contributed by atoms with van der Waals surface area (Å²) in [5.74, 6) is 0.0158. The number of carboxylic acids is 1. The van der Waals surface area contributed by atoms with Gasteiger partial charge in [0.25, 0.3) is 0 Å². The van der Waals surface area contributed by atoms with E-state index in [1.807, 2.05) is 31.2 Å². The van der Waals surface area contributed by atoms with E-state index < -0.39 is 5.97 Å². The van der Waals surface area contributed by atoms with E-state index >= 15 is 0 Å². The average Bonchev–Trinajstić information content (AvgIpc) is 2.39. The van der Waals surface area contributed by atoms with Crippen molar-refractivity contribution in [2.24, 2.45) is 0 Å². The Morgan fingerprint density at radius 2 is 2.00 bits per heavy atom. The second-order valence-corrected chi connectivity index (χ2v) is 5.81. The number of carbonyl (C=O) groups is 2. The lowest BCUT2D eigenvalue weighted by molar-refractivity contribution is -0.137. The van der Waals surface area contributed by atoms with E-state index in [-0.39, 0.29) is 18.4 Å². The summed E-state index contributed by atoms with van der Waals surface area (Å²) in [5, 5.41) is 12.1. The molecule has 0 saturated carbocycles. The molecular weight excluding hydrogens is 298 g/mol. The summed E-state index contributed by atoms with van der Waals surface area (Å²) in [6, 6.07) is 7.18. The highest BCUT2D eigenvalue weighted by molar-refractivity contribution is 7.99. The molecule has 0 aliphatic rings. The molecular formula is C14H18ClNO3S. The number of halogens is 1. The Bertz CT molecular complexity index is 450. The molecule has 0 radical (unpaired) electrons. The van der Waals surface area contributed by atoms with Gasteiger partial charge in [-0.1, -0.05) is 30.7 Å². The molecule has 2 N–H and O–H groups in total. The third-order valence-corrected chi connectivity index (χ3v) is 3.95. The Hall–Kier alpha value is -1.20. The molecule has 1 aromatic rings. The Labute approximate surface area is 127 Å². The zero-order chi connectivity index (χ0) is 15.0. The number of nitrogens with one attached hydrogen (secondary N) is 1. The second kappa shape index (κ2) is 8.87. The first-order valence-corrected chi connectivity index (χ1v) is 7.88. The number of aliphatic carboxylic acids is 1. The van der Waals surface area contributed by atoms with Crippen molar-refractivity contribution < 1.29 is 14.7 Å². The lowest BCUT2D eigenvalue weighted by Gasteiger charge is -2.14. The van der Waals surface area contributed by atoms with Gasteiger partial charge in [0, 0.05) is 16.8 Å². The fourth-order valence-electron chi connectivity index (χ4n) is 1.62. The van der Waals surface area contributed by atoms with Gasteiger partial charge in [-0.15, -0.1) is 11.8 Å². The molecule has 20 heavy (non-hydrogen) atoms. The maximum absolute atomic E-state index is 11.7. The van der Waals surface area contributed by atoms with Crippen LogP contribution in [-0.2, 0) is 15.3 Å². The van der Waals surface area contributed by atoms with E-state index in [4.69, 9.17) is 16.7 Å². The molecule has 1 aromatic carbocycles. The molecule has 1 unspecified atom stereocenters. The summed E-state index contributed by atoms with van der Waals surface area (Å²) in [6.45, 7) is 1.86. The van der Waals surface area contributed by atoms with Crippen LogP contribution in [0, 0.1) is 0 Å². The van der Waals surface area contributed by atoms with E-state index in [0.717, 1.165) is 11.3 Å². The van der Waals surface area contributed by atoms with Crippen LogP contribution < -0.4 is 5.32 Å². The average molecular weight is 316 g/mol. The Morgan fingerprint density at radius 1 is 1.35 bits per heavy atom. The molecule has 0 spiro atoms. The van der Waals surface area contributed by atoms with Gasteiger partial charge in [-0.3, -0.25) is 9.59 Å². The number of hydrogen-bond acceptors (Lipinski definition) is 3. The number of rotatable bonds is 8. The van der Waals surface area contributed by atoms with Crippen LogP contribution in [0.2, 0.25) is 5.02 Å². The van der Waals surface area contributed by atoms with Crippen molar-refractivity contribution in [1.29, 1.82) is 0 Å². The van der Waals surface area contributed by atoms with Crippen LogP contribution >= 0.6 is 23.4 Å². The highest BCUT2D eigenvalue weighted by Gasteiger charge is 2.13. The van der Waals surface area contributed by atoms with Crippen LogP contribution in [0.1, 0.15) is 25.3 Å². The van der Waals surface area contributed by atoms with Gasteiger partial charge in [-0.2, -0.15) is 0 Å². The van der Waals surface area contributed by atoms with Crippen molar-refractivity contribution in [3.8, 4) is 0 Å². The van der Waals surface area contributed by atoms with Crippen molar-refractivity contribution in [3.05, 3.63) is 34.9 Å². The summed E-state index contributed by atoms with van der Waals surface area (Å²) in [5.41, 5.74) is 1.10. The number of carboxylic acid groups (broad SMARTS) is 1. The van der Waals surface area contributed by atoms with Gasteiger partial charge in [-0.05, 0) is 24.1 Å². The van der Waals surface area contributed by atoms with Crippen molar-refractivity contribution in [2.75, 3.05) is 5.75 Å². The first-order valence-electron chi connectivity index (χ1n) is 6.34. The SMILES string of the molecule is CCC(CC(=O)O)NC(=O)CSCc1ccc(Cl)cc1. The van der Waals surface area contributed by atoms with Crippen molar-refractivity contribution in [1.82, 2.24) is 5.32 Å². The minimum absolute atomic E-state index is 0.0376. The van der Waals surface area contributed by atoms with Crippen LogP contribution in [0.25, 0.3) is 0 Å². The lowest BCUT2D eigenvalue weighted by Crippen LogP contribution is -2.37. The first kappa shape index (κ1) is 16.9. The third-order valence-electron chi connectivity index (χ3n) is 2.69. The zero-order valence-electron chi connectivity index (χ0n) is 11.3. The number of thioether (sulfide) groups is 1. The summed E-state index contributed by atoms with van der Waals surface area (Å²) < 4.78 is 0. The smallest absolute Gasteiger partial charge is 0.305 e.